The minimum absolute atomic E-state index is 0.731. The molecule has 0 amide bonds. The van der Waals surface area contributed by atoms with Crippen LogP contribution in [0.25, 0.3) is 49.0 Å². The molecule has 0 N–H and O–H groups in total. The first-order chi connectivity index (χ1) is 14.2. The van der Waals surface area contributed by atoms with Crippen molar-refractivity contribution >= 4 is 66.6 Å². The standard InChI is InChI=1S/C26H15Cl2N/c27-20-7-5-18-13-24-23-10-8-21(28)15-26(23)29(25(24)14-19(18)11-20)22-9-6-16-3-1-2-4-17(16)12-22/h1-15H. The molecule has 1 nitrogen and oxygen atoms in total. The summed E-state index contributed by atoms with van der Waals surface area (Å²) in [5, 5.41) is 8.62. The second-order valence-corrected chi connectivity index (χ2v) is 8.26. The highest BCUT2D eigenvalue weighted by molar-refractivity contribution is 6.32. The van der Waals surface area contributed by atoms with E-state index in [-0.39, 0.29) is 0 Å². The van der Waals surface area contributed by atoms with E-state index < -0.39 is 0 Å². The average Bonchev–Trinajstić information content (AvgIpc) is 3.04. The molecule has 1 heterocycles. The van der Waals surface area contributed by atoms with Gasteiger partial charge in [-0.1, -0.05) is 65.7 Å². The maximum Gasteiger partial charge on any atom is 0.0555 e. The van der Waals surface area contributed by atoms with Crippen LogP contribution in [0.2, 0.25) is 10.0 Å². The third-order valence-corrected chi connectivity index (χ3v) is 6.11. The molecule has 0 spiro atoms. The van der Waals surface area contributed by atoms with E-state index in [9.17, 15) is 0 Å². The second kappa shape index (κ2) is 6.25. The third-order valence-electron chi connectivity index (χ3n) is 5.64. The molecule has 1 aromatic heterocycles. The summed E-state index contributed by atoms with van der Waals surface area (Å²) in [6, 6.07) is 31.6. The molecular weight excluding hydrogens is 397 g/mol. The number of fused-ring (bicyclic) bond motifs is 5. The Morgan fingerprint density at radius 2 is 1.17 bits per heavy atom. The molecule has 0 fully saturated rings. The first-order valence-electron chi connectivity index (χ1n) is 9.49. The van der Waals surface area contributed by atoms with Crippen LogP contribution < -0.4 is 0 Å². The Hall–Kier alpha value is -3.00. The van der Waals surface area contributed by atoms with E-state index >= 15 is 0 Å². The number of benzene rings is 5. The highest BCUT2D eigenvalue weighted by Gasteiger charge is 2.14. The average molecular weight is 412 g/mol. The van der Waals surface area contributed by atoms with Gasteiger partial charge in [0.15, 0.2) is 0 Å². The highest BCUT2D eigenvalue weighted by atomic mass is 35.5. The van der Waals surface area contributed by atoms with Gasteiger partial charge in [-0.25, -0.2) is 0 Å². The van der Waals surface area contributed by atoms with Crippen LogP contribution in [0.5, 0.6) is 0 Å². The molecule has 6 aromatic rings. The summed E-state index contributed by atoms with van der Waals surface area (Å²) in [5.41, 5.74) is 3.36. The van der Waals surface area contributed by atoms with Crippen LogP contribution in [0.15, 0.2) is 91.0 Å². The minimum atomic E-state index is 0.731. The van der Waals surface area contributed by atoms with E-state index in [0.29, 0.717) is 0 Å². The fourth-order valence-electron chi connectivity index (χ4n) is 4.30. The number of halogens is 2. The van der Waals surface area contributed by atoms with Crippen LogP contribution in [0.3, 0.4) is 0 Å². The molecule has 0 saturated heterocycles. The van der Waals surface area contributed by atoms with Gasteiger partial charge in [0, 0.05) is 26.5 Å². The first kappa shape index (κ1) is 16.9. The van der Waals surface area contributed by atoms with Crippen molar-refractivity contribution in [3.63, 3.8) is 0 Å². The Balaban J connectivity index is 1.79. The Bertz CT molecular complexity index is 1580. The predicted molar refractivity (Wildman–Crippen MR) is 126 cm³/mol. The van der Waals surface area contributed by atoms with E-state index in [0.717, 1.165) is 32.2 Å². The number of nitrogens with zero attached hydrogens (tertiary/aromatic N) is 1. The SMILES string of the molecule is Clc1ccc2cc3c4ccc(Cl)cc4n(-c4ccc5ccccc5c4)c3cc2c1. The molecule has 0 aliphatic carbocycles. The largest absolute Gasteiger partial charge is 0.309 e. The van der Waals surface area contributed by atoms with Gasteiger partial charge >= 0.3 is 0 Å². The minimum Gasteiger partial charge on any atom is -0.309 e. The van der Waals surface area contributed by atoms with Gasteiger partial charge < -0.3 is 4.57 Å². The van der Waals surface area contributed by atoms with Crippen molar-refractivity contribution in [2.75, 3.05) is 0 Å². The van der Waals surface area contributed by atoms with Crippen LogP contribution in [-0.2, 0) is 0 Å². The van der Waals surface area contributed by atoms with Gasteiger partial charge in [-0.2, -0.15) is 0 Å². The lowest BCUT2D eigenvalue weighted by Crippen LogP contribution is -1.94. The molecule has 0 aliphatic heterocycles. The zero-order valence-corrected chi connectivity index (χ0v) is 16.9. The molecular formula is C26H15Cl2N. The number of hydrogen-bond donors (Lipinski definition) is 0. The Labute approximate surface area is 177 Å². The maximum atomic E-state index is 6.40. The lowest BCUT2D eigenvalue weighted by molar-refractivity contribution is 1.19. The van der Waals surface area contributed by atoms with Gasteiger partial charge in [-0.15, -0.1) is 0 Å². The van der Waals surface area contributed by atoms with Crippen molar-refractivity contribution in [2.24, 2.45) is 0 Å². The van der Waals surface area contributed by atoms with Gasteiger partial charge in [0.2, 0.25) is 0 Å². The molecule has 5 aromatic carbocycles. The summed E-state index contributed by atoms with van der Waals surface area (Å²) in [4.78, 5) is 0. The highest BCUT2D eigenvalue weighted by Crippen LogP contribution is 2.37. The molecule has 29 heavy (non-hydrogen) atoms. The monoisotopic (exact) mass is 411 g/mol. The molecule has 0 radical (unpaired) electrons. The molecule has 0 unspecified atom stereocenters. The lowest BCUT2D eigenvalue weighted by atomic mass is 10.1. The summed E-state index contributed by atoms with van der Waals surface area (Å²) in [6.45, 7) is 0. The lowest BCUT2D eigenvalue weighted by Gasteiger charge is -2.10. The van der Waals surface area contributed by atoms with Gasteiger partial charge in [-0.3, -0.25) is 0 Å². The zero-order chi connectivity index (χ0) is 19.5. The number of hydrogen-bond acceptors (Lipinski definition) is 0. The van der Waals surface area contributed by atoms with Crippen molar-refractivity contribution in [2.45, 2.75) is 0 Å². The van der Waals surface area contributed by atoms with E-state index in [1.165, 1.54) is 26.9 Å². The molecule has 3 heteroatoms. The zero-order valence-electron chi connectivity index (χ0n) is 15.4. The van der Waals surface area contributed by atoms with Crippen molar-refractivity contribution in [3.8, 4) is 5.69 Å². The van der Waals surface area contributed by atoms with Crippen LogP contribution >= 0.6 is 23.2 Å². The summed E-state index contributed by atoms with van der Waals surface area (Å²) in [5.74, 6) is 0. The Morgan fingerprint density at radius 1 is 0.483 bits per heavy atom. The number of aromatic nitrogens is 1. The first-order valence-corrected chi connectivity index (χ1v) is 10.3. The summed E-state index contributed by atoms with van der Waals surface area (Å²) >= 11 is 12.7. The van der Waals surface area contributed by atoms with Crippen molar-refractivity contribution < 1.29 is 0 Å². The molecule has 138 valence electrons. The van der Waals surface area contributed by atoms with Gasteiger partial charge in [0.05, 0.1) is 11.0 Å². The predicted octanol–water partition coefficient (Wildman–Crippen LogP) is 8.40. The van der Waals surface area contributed by atoms with Crippen LogP contribution in [0.4, 0.5) is 0 Å². The van der Waals surface area contributed by atoms with Crippen molar-refractivity contribution in [1.29, 1.82) is 0 Å². The van der Waals surface area contributed by atoms with Gasteiger partial charge in [0.1, 0.15) is 0 Å². The molecule has 0 atom stereocenters. The smallest absolute Gasteiger partial charge is 0.0555 e. The molecule has 0 bridgehead atoms. The maximum absolute atomic E-state index is 6.40. The fraction of sp³-hybridized carbons (Fsp3) is 0. The molecule has 0 saturated carbocycles. The van der Waals surface area contributed by atoms with Crippen molar-refractivity contribution in [1.82, 2.24) is 4.57 Å². The summed E-state index contributed by atoms with van der Waals surface area (Å²) in [7, 11) is 0. The fourth-order valence-corrected chi connectivity index (χ4v) is 4.65. The van der Waals surface area contributed by atoms with E-state index in [1.54, 1.807) is 0 Å². The summed E-state index contributed by atoms with van der Waals surface area (Å²) < 4.78 is 2.29. The van der Waals surface area contributed by atoms with E-state index in [1.807, 2.05) is 24.3 Å². The van der Waals surface area contributed by atoms with Crippen LogP contribution in [-0.4, -0.2) is 4.57 Å². The van der Waals surface area contributed by atoms with E-state index in [2.05, 4.69) is 71.3 Å². The third kappa shape index (κ3) is 2.62. The molecule has 6 rings (SSSR count). The van der Waals surface area contributed by atoms with E-state index in [4.69, 9.17) is 23.2 Å². The molecule has 0 aliphatic rings. The topological polar surface area (TPSA) is 4.93 Å². The normalized spacial score (nSPS) is 11.8. The Morgan fingerprint density at radius 3 is 2.07 bits per heavy atom. The van der Waals surface area contributed by atoms with Crippen molar-refractivity contribution in [3.05, 3.63) is 101 Å². The van der Waals surface area contributed by atoms with Gasteiger partial charge in [-0.05, 0) is 70.1 Å². The second-order valence-electron chi connectivity index (χ2n) is 7.39. The Kier molecular flexibility index (Phi) is 3.64. The summed E-state index contributed by atoms with van der Waals surface area (Å²) in [6.07, 6.45) is 0. The van der Waals surface area contributed by atoms with Crippen LogP contribution in [0, 0.1) is 0 Å². The quantitative estimate of drug-likeness (QED) is 0.256. The number of rotatable bonds is 1. The van der Waals surface area contributed by atoms with Crippen LogP contribution in [0.1, 0.15) is 0 Å². The van der Waals surface area contributed by atoms with Gasteiger partial charge in [0.25, 0.3) is 0 Å².